The molecule has 1 atom stereocenters. The van der Waals surface area contributed by atoms with Crippen LogP contribution in [-0.2, 0) is 0 Å². The molecule has 0 radical (unpaired) electrons. The average molecular weight is 425 g/mol. The quantitative estimate of drug-likeness (QED) is 0.347. The van der Waals surface area contributed by atoms with Crippen LogP contribution in [0, 0.1) is 10.1 Å². The lowest BCUT2D eigenvalue weighted by atomic mass is 10.1. The van der Waals surface area contributed by atoms with E-state index in [4.69, 9.17) is 9.47 Å². The second-order valence-corrected chi connectivity index (χ2v) is 7.53. The number of hydrogen-bond donors (Lipinski definition) is 1. The third kappa shape index (κ3) is 3.86. The van der Waals surface area contributed by atoms with Gasteiger partial charge in [0.25, 0.3) is 0 Å². The molecule has 1 aliphatic rings. The van der Waals surface area contributed by atoms with E-state index >= 15 is 0 Å². The van der Waals surface area contributed by atoms with Crippen LogP contribution in [0.15, 0.2) is 47.6 Å². The zero-order valence-electron chi connectivity index (χ0n) is 16.4. The topological polar surface area (TPSA) is 112 Å². The van der Waals surface area contributed by atoms with E-state index in [1.807, 2.05) is 24.3 Å². The predicted molar refractivity (Wildman–Crippen MR) is 113 cm³/mol. The number of nitrogens with zero attached hydrogens (tertiary/aromatic N) is 4. The number of aromatic nitrogens is 3. The molecule has 3 aromatic rings. The summed E-state index contributed by atoms with van der Waals surface area (Å²) in [5.41, 5.74) is 2.50. The van der Waals surface area contributed by atoms with Crippen LogP contribution in [0.1, 0.15) is 25.1 Å². The molecule has 0 spiro atoms. The minimum atomic E-state index is -0.710. The monoisotopic (exact) mass is 425 g/mol. The van der Waals surface area contributed by atoms with Gasteiger partial charge in [0.1, 0.15) is 0 Å². The van der Waals surface area contributed by atoms with Crippen LogP contribution in [0.2, 0.25) is 0 Å². The molecule has 30 heavy (non-hydrogen) atoms. The van der Waals surface area contributed by atoms with Gasteiger partial charge in [-0.2, -0.15) is 4.98 Å². The highest BCUT2D eigenvalue weighted by Crippen LogP contribution is 2.40. The molecule has 1 unspecified atom stereocenters. The summed E-state index contributed by atoms with van der Waals surface area (Å²) in [6, 6.07) is 12.3. The van der Waals surface area contributed by atoms with E-state index in [0.717, 1.165) is 23.4 Å². The Morgan fingerprint density at radius 2 is 2.10 bits per heavy atom. The van der Waals surface area contributed by atoms with Crippen LogP contribution in [-0.4, -0.2) is 33.0 Å². The molecule has 1 aromatic heterocycles. The Morgan fingerprint density at radius 3 is 2.87 bits per heavy atom. The third-order valence-corrected chi connectivity index (χ3v) is 5.51. The van der Waals surface area contributed by atoms with Crippen molar-refractivity contribution in [2.75, 3.05) is 18.2 Å². The highest BCUT2D eigenvalue weighted by molar-refractivity contribution is 7.99. The number of fused-ring (bicyclic) bond motifs is 3. The normalized spacial score (nSPS) is 14.5. The maximum absolute atomic E-state index is 11.5. The van der Waals surface area contributed by atoms with E-state index < -0.39 is 11.2 Å². The number of benzene rings is 2. The molecule has 0 saturated heterocycles. The van der Waals surface area contributed by atoms with Crippen molar-refractivity contribution in [3.8, 4) is 22.9 Å². The fraction of sp³-hybridized carbons (Fsp3) is 0.250. The van der Waals surface area contributed by atoms with Crippen LogP contribution < -0.4 is 14.8 Å². The molecule has 2 heterocycles. The van der Waals surface area contributed by atoms with E-state index in [-0.39, 0.29) is 11.4 Å². The Morgan fingerprint density at radius 1 is 1.27 bits per heavy atom. The zero-order valence-corrected chi connectivity index (χ0v) is 17.2. The van der Waals surface area contributed by atoms with Gasteiger partial charge >= 0.3 is 5.69 Å². The van der Waals surface area contributed by atoms with Crippen LogP contribution >= 0.6 is 11.8 Å². The van der Waals surface area contributed by atoms with Gasteiger partial charge in [-0.15, -0.1) is 10.2 Å². The van der Waals surface area contributed by atoms with Crippen LogP contribution in [0.5, 0.6) is 11.6 Å². The molecule has 0 fully saturated rings. The number of nitro benzene ring substituents is 1. The predicted octanol–water partition coefficient (Wildman–Crippen LogP) is 4.46. The highest BCUT2D eigenvalue weighted by Gasteiger charge is 2.28. The van der Waals surface area contributed by atoms with Crippen molar-refractivity contribution in [2.45, 2.75) is 24.7 Å². The molecule has 1 aliphatic heterocycles. The molecule has 0 bridgehead atoms. The van der Waals surface area contributed by atoms with Gasteiger partial charge in [-0.25, -0.2) is 0 Å². The first-order valence-electron chi connectivity index (χ1n) is 9.33. The highest BCUT2D eigenvalue weighted by atomic mass is 32.2. The molecule has 0 saturated carbocycles. The molecule has 2 aromatic carbocycles. The van der Waals surface area contributed by atoms with Crippen LogP contribution in [0.3, 0.4) is 0 Å². The number of methoxy groups -OCH3 is 1. The Bertz CT molecular complexity index is 1090. The smallest absolute Gasteiger partial charge is 0.311 e. The van der Waals surface area contributed by atoms with E-state index in [9.17, 15) is 10.1 Å². The summed E-state index contributed by atoms with van der Waals surface area (Å²) in [7, 11) is 1.40. The Balaban J connectivity index is 1.79. The second kappa shape index (κ2) is 8.54. The largest absolute Gasteiger partial charge is 0.490 e. The Labute approximate surface area is 177 Å². The first-order chi connectivity index (χ1) is 14.6. The zero-order chi connectivity index (χ0) is 21.1. The third-order valence-electron chi connectivity index (χ3n) is 4.47. The summed E-state index contributed by atoms with van der Waals surface area (Å²) in [6.07, 6.45) is 0.270. The number of thioether (sulfide) groups is 1. The molecular formula is C20H19N5O4S. The second-order valence-electron chi connectivity index (χ2n) is 6.47. The Hall–Kier alpha value is -3.40. The molecule has 0 aliphatic carbocycles. The first-order valence-corrected chi connectivity index (χ1v) is 10.3. The van der Waals surface area contributed by atoms with Crippen molar-refractivity contribution in [3.05, 3.63) is 58.1 Å². The van der Waals surface area contributed by atoms with Crippen molar-refractivity contribution < 1.29 is 14.4 Å². The van der Waals surface area contributed by atoms with Gasteiger partial charge in [0.15, 0.2) is 17.7 Å². The number of para-hydroxylation sites is 1. The summed E-state index contributed by atoms with van der Waals surface area (Å²) in [5, 5.41) is 23.8. The van der Waals surface area contributed by atoms with Gasteiger partial charge in [0.05, 0.1) is 12.0 Å². The number of anilines is 1. The van der Waals surface area contributed by atoms with Gasteiger partial charge in [-0.1, -0.05) is 36.9 Å². The molecule has 0 amide bonds. The van der Waals surface area contributed by atoms with Crippen LogP contribution in [0.4, 0.5) is 11.4 Å². The molecule has 4 rings (SSSR count). The summed E-state index contributed by atoms with van der Waals surface area (Å²) >= 11 is 1.50. The maximum Gasteiger partial charge on any atom is 0.311 e. The van der Waals surface area contributed by atoms with E-state index in [1.165, 1.54) is 24.9 Å². The first kappa shape index (κ1) is 19.9. The average Bonchev–Trinajstić information content (AvgIpc) is 2.93. The van der Waals surface area contributed by atoms with Crippen molar-refractivity contribution in [1.82, 2.24) is 15.2 Å². The lowest BCUT2D eigenvalue weighted by Crippen LogP contribution is -2.17. The van der Waals surface area contributed by atoms with Gasteiger partial charge < -0.3 is 14.8 Å². The number of nitrogens with one attached hydrogen (secondary N) is 1. The lowest BCUT2D eigenvalue weighted by Gasteiger charge is -2.19. The fourth-order valence-corrected chi connectivity index (χ4v) is 3.70. The standard InChI is InChI=1S/C20H19N5O4S/c1-3-10-30-20-22-19-17(23-24-20)13-6-4-5-7-14(13)21-18(29-19)12-8-9-16(28-2)15(11-12)25(26)27/h4-9,11,18,21H,3,10H2,1-2H3. The van der Waals surface area contributed by atoms with Crippen molar-refractivity contribution in [1.29, 1.82) is 0 Å². The molecular weight excluding hydrogens is 406 g/mol. The van der Waals surface area contributed by atoms with E-state index in [0.29, 0.717) is 22.3 Å². The van der Waals surface area contributed by atoms with Gasteiger partial charge in [-0.05, 0) is 24.6 Å². The number of rotatable bonds is 6. The minimum absolute atomic E-state index is 0.141. The van der Waals surface area contributed by atoms with Crippen molar-refractivity contribution in [3.63, 3.8) is 0 Å². The molecule has 154 valence electrons. The van der Waals surface area contributed by atoms with Gasteiger partial charge in [0, 0.05) is 28.6 Å². The van der Waals surface area contributed by atoms with E-state index in [1.54, 1.807) is 12.1 Å². The number of nitro groups is 1. The number of ether oxygens (including phenoxy) is 2. The Kier molecular flexibility index (Phi) is 5.66. The molecule has 10 heteroatoms. The molecule has 9 nitrogen and oxygen atoms in total. The van der Waals surface area contributed by atoms with Gasteiger partial charge in [0.2, 0.25) is 11.0 Å². The lowest BCUT2D eigenvalue weighted by molar-refractivity contribution is -0.385. The minimum Gasteiger partial charge on any atom is -0.490 e. The summed E-state index contributed by atoms with van der Waals surface area (Å²) in [6.45, 7) is 2.08. The van der Waals surface area contributed by atoms with E-state index in [2.05, 4.69) is 27.4 Å². The maximum atomic E-state index is 11.5. The summed E-state index contributed by atoms with van der Waals surface area (Å²) < 4.78 is 11.3. The van der Waals surface area contributed by atoms with Crippen molar-refractivity contribution >= 4 is 23.1 Å². The number of hydrogen-bond acceptors (Lipinski definition) is 9. The van der Waals surface area contributed by atoms with Crippen LogP contribution in [0.25, 0.3) is 11.3 Å². The van der Waals surface area contributed by atoms with Gasteiger partial charge in [-0.3, -0.25) is 10.1 Å². The SMILES string of the molecule is CCCSc1nnc2c(n1)OC(c1ccc(OC)c([N+](=O)[O-])c1)Nc1ccccc1-2. The molecule has 1 N–H and O–H groups in total. The van der Waals surface area contributed by atoms with Crippen molar-refractivity contribution in [2.24, 2.45) is 0 Å². The summed E-state index contributed by atoms with van der Waals surface area (Å²) in [5.74, 6) is 1.37. The summed E-state index contributed by atoms with van der Waals surface area (Å²) in [4.78, 5) is 15.5. The fourth-order valence-electron chi connectivity index (χ4n) is 3.07.